The number of benzene rings is 1. The second-order valence-electron chi connectivity index (χ2n) is 5.70. The number of fused-ring (bicyclic) bond motifs is 1. The van der Waals surface area contributed by atoms with Crippen LogP contribution in [0.15, 0.2) is 36.7 Å². The summed E-state index contributed by atoms with van der Waals surface area (Å²) in [6.45, 7) is 5.40. The number of anilines is 1. The van der Waals surface area contributed by atoms with Gasteiger partial charge < -0.3 is 4.90 Å². The molecule has 1 unspecified atom stereocenters. The van der Waals surface area contributed by atoms with Crippen molar-refractivity contribution in [2.75, 3.05) is 11.4 Å². The van der Waals surface area contributed by atoms with Gasteiger partial charge in [0.2, 0.25) is 0 Å². The van der Waals surface area contributed by atoms with Gasteiger partial charge in [-0.3, -0.25) is 0 Å². The number of nitriles is 1. The largest absolute Gasteiger partial charge is 0.348 e. The molecule has 1 aliphatic rings. The van der Waals surface area contributed by atoms with Crippen molar-refractivity contribution in [2.24, 2.45) is 5.92 Å². The minimum atomic E-state index is 0.303. The first-order chi connectivity index (χ1) is 10.2. The summed E-state index contributed by atoms with van der Waals surface area (Å²) in [5.41, 5.74) is 3.16. The van der Waals surface area contributed by atoms with E-state index in [1.54, 1.807) is 12.4 Å². The van der Waals surface area contributed by atoms with Gasteiger partial charge in [-0.15, -0.1) is 0 Å². The Balaban J connectivity index is 2.00. The van der Waals surface area contributed by atoms with Crippen LogP contribution in [0, 0.1) is 17.2 Å². The van der Waals surface area contributed by atoms with Crippen LogP contribution in [0.3, 0.4) is 0 Å². The van der Waals surface area contributed by atoms with E-state index in [4.69, 9.17) is 5.26 Å². The van der Waals surface area contributed by atoms with Crippen LogP contribution in [0.4, 0.5) is 5.82 Å². The Hall–Kier alpha value is -2.41. The van der Waals surface area contributed by atoms with Crippen molar-refractivity contribution in [1.82, 2.24) is 9.97 Å². The molecule has 0 aliphatic carbocycles. The molecule has 2 aromatic rings. The van der Waals surface area contributed by atoms with Crippen molar-refractivity contribution in [3.63, 3.8) is 0 Å². The minimum absolute atomic E-state index is 0.303. The fourth-order valence-corrected chi connectivity index (χ4v) is 3.10. The molecule has 1 atom stereocenters. The molecule has 0 saturated heterocycles. The number of hydrogen-bond acceptors (Lipinski definition) is 4. The van der Waals surface area contributed by atoms with Crippen LogP contribution in [0.1, 0.15) is 36.7 Å². The Morgan fingerprint density at radius 2 is 2.05 bits per heavy atom. The van der Waals surface area contributed by atoms with Gasteiger partial charge in [-0.05, 0) is 23.5 Å². The van der Waals surface area contributed by atoms with E-state index in [1.807, 2.05) is 6.07 Å². The molecular weight excluding hydrogens is 260 g/mol. The number of rotatable bonds is 2. The summed E-state index contributed by atoms with van der Waals surface area (Å²) in [5, 5.41) is 8.84. The maximum Gasteiger partial charge on any atom is 0.158 e. The van der Waals surface area contributed by atoms with Crippen molar-refractivity contribution in [3.8, 4) is 6.07 Å². The molecule has 0 spiro atoms. The fourth-order valence-electron chi connectivity index (χ4n) is 3.10. The topological polar surface area (TPSA) is 52.8 Å². The van der Waals surface area contributed by atoms with Gasteiger partial charge in [-0.25, -0.2) is 9.97 Å². The summed E-state index contributed by atoms with van der Waals surface area (Å²) >= 11 is 0. The molecule has 0 radical (unpaired) electrons. The van der Waals surface area contributed by atoms with Crippen LogP contribution < -0.4 is 4.90 Å². The first kappa shape index (κ1) is 13.6. The Bertz CT molecular complexity index is 670. The van der Waals surface area contributed by atoms with Crippen LogP contribution in [-0.2, 0) is 6.42 Å². The minimum Gasteiger partial charge on any atom is -0.348 e. The molecule has 2 heterocycles. The van der Waals surface area contributed by atoms with E-state index in [9.17, 15) is 0 Å². The van der Waals surface area contributed by atoms with E-state index in [1.165, 1.54) is 11.1 Å². The van der Waals surface area contributed by atoms with E-state index in [2.05, 4.69) is 53.0 Å². The molecule has 21 heavy (non-hydrogen) atoms. The molecule has 0 fully saturated rings. The second-order valence-corrected chi connectivity index (χ2v) is 5.70. The third-order valence-electron chi connectivity index (χ3n) is 4.01. The van der Waals surface area contributed by atoms with E-state index >= 15 is 0 Å². The third kappa shape index (κ3) is 2.47. The first-order valence-corrected chi connectivity index (χ1v) is 7.27. The van der Waals surface area contributed by atoms with Crippen molar-refractivity contribution in [1.29, 1.82) is 5.26 Å². The van der Waals surface area contributed by atoms with E-state index in [-0.39, 0.29) is 0 Å². The molecule has 4 nitrogen and oxygen atoms in total. The summed E-state index contributed by atoms with van der Waals surface area (Å²) < 4.78 is 0. The van der Waals surface area contributed by atoms with Crippen LogP contribution in [-0.4, -0.2) is 16.5 Å². The molecule has 106 valence electrons. The summed E-state index contributed by atoms with van der Waals surface area (Å²) in [5.74, 6) is 1.33. The van der Waals surface area contributed by atoms with Gasteiger partial charge in [0, 0.05) is 6.54 Å². The molecule has 4 heteroatoms. The van der Waals surface area contributed by atoms with Gasteiger partial charge >= 0.3 is 0 Å². The van der Waals surface area contributed by atoms with Crippen LogP contribution in [0.2, 0.25) is 0 Å². The zero-order valence-electron chi connectivity index (χ0n) is 12.3. The van der Waals surface area contributed by atoms with Gasteiger partial charge in [0.15, 0.2) is 5.69 Å². The molecule has 3 rings (SSSR count). The van der Waals surface area contributed by atoms with E-state index in [0.29, 0.717) is 17.7 Å². The summed E-state index contributed by atoms with van der Waals surface area (Å²) in [6, 6.07) is 10.9. The van der Waals surface area contributed by atoms with Crippen molar-refractivity contribution in [3.05, 3.63) is 53.5 Å². The second kappa shape index (κ2) is 5.53. The molecule has 0 saturated carbocycles. The molecular formula is C17H18N4. The number of nitrogens with zero attached hydrogens (tertiary/aromatic N) is 4. The highest BCUT2D eigenvalue weighted by atomic mass is 15.2. The zero-order valence-corrected chi connectivity index (χ0v) is 12.3. The average molecular weight is 278 g/mol. The molecule has 1 aromatic carbocycles. The Morgan fingerprint density at radius 1 is 1.24 bits per heavy atom. The lowest BCUT2D eigenvalue weighted by Crippen LogP contribution is -2.38. The van der Waals surface area contributed by atoms with Crippen LogP contribution in [0.5, 0.6) is 0 Å². The van der Waals surface area contributed by atoms with Gasteiger partial charge in [0.05, 0.1) is 18.4 Å². The van der Waals surface area contributed by atoms with Gasteiger partial charge in [0.1, 0.15) is 11.9 Å². The van der Waals surface area contributed by atoms with E-state index in [0.717, 1.165) is 18.8 Å². The molecule has 1 aliphatic heterocycles. The van der Waals surface area contributed by atoms with Crippen molar-refractivity contribution >= 4 is 5.82 Å². The molecule has 0 N–H and O–H groups in total. The molecule has 1 aromatic heterocycles. The number of hydrogen-bond donors (Lipinski definition) is 0. The number of aromatic nitrogens is 2. The maximum atomic E-state index is 8.84. The van der Waals surface area contributed by atoms with Crippen LogP contribution >= 0.6 is 0 Å². The van der Waals surface area contributed by atoms with Crippen molar-refractivity contribution in [2.45, 2.75) is 26.3 Å². The maximum absolute atomic E-state index is 8.84. The lowest BCUT2D eigenvalue weighted by molar-refractivity contribution is 0.447. The quantitative estimate of drug-likeness (QED) is 0.847. The monoisotopic (exact) mass is 278 g/mol. The van der Waals surface area contributed by atoms with Crippen molar-refractivity contribution < 1.29 is 0 Å². The predicted octanol–water partition coefficient (Wildman–Crippen LogP) is 3.11. The predicted molar refractivity (Wildman–Crippen MR) is 81.8 cm³/mol. The Labute approximate surface area is 125 Å². The summed E-state index contributed by atoms with van der Waals surface area (Å²) in [6.07, 6.45) is 4.27. The Kier molecular flexibility index (Phi) is 3.57. The third-order valence-corrected chi connectivity index (χ3v) is 4.01. The summed E-state index contributed by atoms with van der Waals surface area (Å²) in [4.78, 5) is 10.9. The van der Waals surface area contributed by atoms with Gasteiger partial charge in [-0.2, -0.15) is 5.26 Å². The average Bonchev–Trinajstić information content (AvgIpc) is 2.53. The van der Waals surface area contributed by atoms with Crippen LogP contribution in [0.25, 0.3) is 0 Å². The highest BCUT2D eigenvalue weighted by Crippen LogP contribution is 2.37. The van der Waals surface area contributed by atoms with Gasteiger partial charge in [-0.1, -0.05) is 38.1 Å². The summed E-state index contributed by atoms with van der Waals surface area (Å²) in [7, 11) is 0. The van der Waals surface area contributed by atoms with E-state index < -0.39 is 0 Å². The first-order valence-electron chi connectivity index (χ1n) is 7.27. The SMILES string of the molecule is CC(C)C1c2ccccc2CCN1c1cnc(C#N)cn1. The fraction of sp³-hybridized carbons (Fsp3) is 0.353. The van der Waals surface area contributed by atoms with Gasteiger partial charge in [0.25, 0.3) is 0 Å². The standard InChI is InChI=1S/C17H18N4/c1-12(2)17-15-6-4-3-5-13(15)7-8-21(17)16-11-19-14(9-18)10-20-16/h3-6,10-12,17H,7-8H2,1-2H3. The lowest BCUT2D eigenvalue weighted by Gasteiger charge is -2.40. The highest BCUT2D eigenvalue weighted by molar-refractivity contribution is 5.47. The molecule has 0 bridgehead atoms. The lowest BCUT2D eigenvalue weighted by atomic mass is 9.86. The zero-order chi connectivity index (χ0) is 14.8. The highest BCUT2D eigenvalue weighted by Gasteiger charge is 2.30. The molecule has 0 amide bonds. The normalized spacial score (nSPS) is 17.4. The Morgan fingerprint density at radius 3 is 2.71 bits per heavy atom. The smallest absolute Gasteiger partial charge is 0.158 e.